The average molecular weight is 287 g/mol. The molecule has 1 unspecified atom stereocenters. The molecule has 1 aliphatic rings. The topological polar surface area (TPSA) is 52.7 Å². The second-order valence-electron chi connectivity index (χ2n) is 4.97. The van der Waals surface area contributed by atoms with Gasteiger partial charge in [0, 0.05) is 19.6 Å². The Morgan fingerprint density at radius 3 is 2.84 bits per heavy atom. The molecule has 0 aliphatic carbocycles. The van der Waals surface area contributed by atoms with Crippen molar-refractivity contribution >= 4 is 10.2 Å². The molecule has 0 amide bonds. The summed E-state index contributed by atoms with van der Waals surface area (Å²) in [6.45, 7) is 4.65. The Labute approximate surface area is 117 Å². The standard InChI is InChI=1S/C13H25N3O2S/c1-4-8-15(9-5-2)19(17,18)16-10-6-7-13(12-16)11-14-3/h1,13-14H,5-12H2,2-3H3. The summed E-state index contributed by atoms with van der Waals surface area (Å²) >= 11 is 0. The minimum absolute atomic E-state index is 0.156. The van der Waals surface area contributed by atoms with Gasteiger partial charge >= 0.3 is 0 Å². The lowest BCUT2D eigenvalue weighted by Crippen LogP contribution is -2.49. The SMILES string of the molecule is C#CCN(CCC)S(=O)(=O)N1CCCC(CNC)C1. The van der Waals surface area contributed by atoms with Gasteiger partial charge in [-0.2, -0.15) is 17.0 Å². The Morgan fingerprint density at radius 1 is 1.53 bits per heavy atom. The molecule has 0 saturated carbocycles. The molecule has 19 heavy (non-hydrogen) atoms. The van der Waals surface area contributed by atoms with Crippen molar-refractivity contribution in [2.75, 3.05) is 39.8 Å². The van der Waals surface area contributed by atoms with E-state index in [1.807, 2.05) is 14.0 Å². The highest BCUT2D eigenvalue weighted by Crippen LogP contribution is 2.20. The van der Waals surface area contributed by atoms with Crippen molar-refractivity contribution in [3.8, 4) is 12.3 Å². The molecule has 1 rings (SSSR count). The van der Waals surface area contributed by atoms with Gasteiger partial charge in [-0.05, 0) is 38.8 Å². The van der Waals surface area contributed by atoms with Crippen molar-refractivity contribution in [1.29, 1.82) is 0 Å². The molecule has 5 nitrogen and oxygen atoms in total. The molecule has 1 fully saturated rings. The third kappa shape index (κ3) is 4.46. The summed E-state index contributed by atoms with van der Waals surface area (Å²) in [4.78, 5) is 0. The number of nitrogens with zero attached hydrogens (tertiary/aromatic N) is 2. The van der Waals surface area contributed by atoms with Crippen LogP contribution in [0, 0.1) is 18.3 Å². The van der Waals surface area contributed by atoms with E-state index in [9.17, 15) is 8.42 Å². The Hall–Kier alpha value is -0.610. The van der Waals surface area contributed by atoms with E-state index in [-0.39, 0.29) is 6.54 Å². The van der Waals surface area contributed by atoms with Crippen LogP contribution in [-0.4, -0.2) is 56.8 Å². The third-order valence-electron chi connectivity index (χ3n) is 3.37. The van der Waals surface area contributed by atoms with E-state index in [0.717, 1.165) is 25.8 Å². The van der Waals surface area contributed by atoms with E-state index in [0.29, 0.717) is 25.6 Å². The highest BCUT2D eigenvalue weighted by Gasteiger charge is 2.32. The molecule has 1 N–H and O–H groups in total. The van der Waals surface area contributed by atoms with Gasteiger partial charge in [-0.15, -0.1) is 6.42 Å². The van der Waals surface area contributed by atoms with E-state index in [2.05, 4.69) is 11.2 Å². The Bertz CT molecular complexity index is 401. The van der Waals surface area contributed by atoms with Crippen molar-refractivity contribution in [2.45, 2.75) is 26.2 Å². The summed E-state index contributed by atoms with van der Waals surface area (Å²) in [5.41, 5.74) is 0. The predicted octanol–water partition coefficient (Wildman–Crippen LogP) is 0.508. The van der Waals surface area contributed by atoms with Gasteiger partial charge in [0.1, 0.15) is 0 Å². The highest BCUT2D eigenvalue weighted by atomic mass is 32.2. The first kappa shape index (κ1) is 16.4. The monoisotopic (exact) mass is 287 g/mol. The molecule has 0 aromatic rings. The lowest BCUT2D eigenvalue weighted by molar-refractivity contribution is 0.247. The van der Waals surface area contributed by atoms with Gasteiger partial charge in [0.05, 0.1) is 6.54 Å². The molecular weight excluding hydrogens is 262 g/mol. The Morgan fingerprint density at radius 2 is 2.26 bits per heavy atom. The van der Waals surface area contributed by atoms with Crippen molar-refractivity contribution in [2.24, 2.45) is 5.92 Å². The van der Waals surface area contributed by atoms with Gasteiger partial charge in [0.2, 0.25) is 0 Å². The molecule has 1 saturated heterocycles. The van der Waals surface area contributed by atoms with E-state index in [4.69, 9.17) is 6.42 Å². The molecule has 6 heteroatoms. The average Bonchev–Trinajstić information content (AvgIpc) is 2.39. The number of hydrogen-bond acceptors (Lipinski definition) is 3. The zero-order chi connectivity index (χ0) is 14.3. The molecular formula is C13H25N3O2S. The molecule has 110 valence electrons. The first-order valence-corrected chi connectivity index (χ1v) is 8.29. The lowest BCUT2D eigenvalue weighted by atomic mass is 10.00. The van der Waals surface area contributed by atoms with Crippen LogP contribution in [0.4, 0.5) is 0 Å². The van der Waals surface area contributed by atoms with Crippen LogP contribution in [0.3, 0.4) is 0 Å². The van der Waals surface area contributed by atoms with E-state index < -0.39 is 10.2 Å². The van der Waals surface area contributed by atoms with E-state index >= 15 is 0 Å². The van der Waals surface area contributed by atoms with Gasteiger partial charge in [-0.3, -0.25) is 0 Å². The van der Waals surface area contributed by atoms with Crippen LogP contribution in [0.2, 0.25) is 0 Å². The lowest BCUT2D eigenvalue weighted by Gasteiger charge is -2.35. The van der Waals surface area contributed by atoms with Crippen LogP contribution in [-0.2, 0) is 10.2 Å². The maximum absolute atomic E-state index is 12.6. The summed E-state index contributed by atoms with van der Waals surface area (Å²) in [5, 5.41) is 3.12. The van der Waals surface area contributed by atoms with Crippen LogP contribution in [0.5, 0.6) is 0 Å². The number of hydrogen-bond donors (Lipinski definition) is 1. The summed E-state index contributed by atoms with van der Waals surface area (Å²) in [7, 11) is -1.51. The van der Waals surface area contributed by atoms with Crippen LogP contribution in [0.1, 0.15) is 26.2 Å². The fourth-order valence-corrected chi connectivity index (χ4v) is 4.22. The minimum Gasteiger partial charge on any atom is -0.319 e. The van der Waals surface area contributed by atoms with Crippen molar-refractivity contribution in [3.63, 3.8) is 0 Å². The Kier molecular flexibility index (Phi) is 6.80. The Balaban J connectivity index is 2.76. The highest BCUT2D eigenvalue weighted by molar-refractivity contribution is 7.86. The largest absolute Gasteiger partial charge is 0.319 e. The second kappa shape index (κ2) is 7.85. The normalized spacial score (nSPS) is 21.5. The van der Waals surface area contributed by atoms with Gasteiger partial charge in [-0.25, -0.2) is 0 Å². The fourth-order valence-electron chi connectivity index (χ4n) is 2.48. The number of terminal acetylenes is 1. The molecule has 1 atom stereocenters. The van der Waals surface area contributed by atoms with E-state index in [1.54, 1.807) is 4.31 Å². The number of rotatable bonds is 7. The summed E-state index contributed by atoms with van der Waals surface area (Å²) in [5.74, 6) is 2.83. The predicted molar refractivity (Wildman–Crippen MR) is 77.8 cm³/mol. The van der Waals surface area contributed by atoms with Gasteiger partial charge in [-0.1, -0.05) is 12.8 Å². The fraction of sp³-hybridized carbons (Fsp3) is 0.846. The van der Waals surface area contributed by atoms with Gasteiger partial charge in [0.15, 0.2) is 0 Å². The maximum atomic E-state index is 12.6. The zero-order valence-electron chi connectivity index (χ0n) is 11.9. The van der Waals surface area contributed by atoms with E-state index in [1.165, 1.54) is 4.31 Å². The molecule has 1 heterocycles. The first-order valence-electron chi connectivity index (χ1n) is 6.89. The van der Waals surface area contributed by atoms with Crippen LogP contribution in [0.15, 0.2) is 0 Å². The molecule has 1 aliphatic heterocycles. The molecule has 0 spiro atoms. The third-order valence-corrected chi connectivity index (χ3v) is 5.32. The van der Waals surface area contributed by atoms with Crippen molar-refractivity contribution in [1.82, 2.24) is 13.9 Å². The number of piperidine rings is 1. The van der Waals surface area contributed by atoms with Crippen LogP contribution in [0.25, 0.3) is 0 Å². The maximum Gasteiger partial charge on any atom is 0.282 e. The second-order valence-corrected chi connectivity index (χ2v) is 6.90. The molecule has 0 aromatic carbocycles. The van der Waals surface area contributed by atoms with Crippen LogP contribution >= 0.6 is 0 Å². The molecule has 0 bridgehead atoms. The quantitative estimate of drug-likeness (QED) is 0.694. The summed E-state index contributed by atoms with van der Waals surface area (Å²) < 4.78 is 28.1. The molecule has 0 radical (unpaired) electrons. The first-order chi connectivity index (χ1) is 9.06. The van der Waals surface area contributed by atoms with Gasteiger partial charge in [0.25, 0.3) is 10.2 Å². The number of nitrogens with one attached hydrogen (secondary N) is 1. The smallest absolute Gasteiger partial charge is 0.282 e. The minimum atomic E-state index is -3.40. The van der Waals surface area contributed by atoms with Crippen molar-refractivity contribution < 1.29 is 8.42 Å². The summed E-state index contributed by atoms with van der Waals surface area (Å²) in [6.07, 6.45) is 8.05. The molecule has 0 aromatic heterocycles. The summed E-state index contributed by atoms with van der Waals surface area (Å²) in [6, 6.07) is 0. The van der Waals surface area contributed by atoms with Crippen molar-refractivity contribution in [3.05, 3.63) is 0 Å². The zero-order valence-corrected chi connectivity index (χ0v) is 12.7. The van der Waals surface area contributed by atoms with Gasteiger partial charge < -0.3 is 5.32 Å². The van der Waals surface area contributed by atoms with Crippen LogP contribution < -0.4 is 5.32 Å².